The molecule has 1 aliphatic heterocycles. The van der Waals surface area contributed by atoms with Crippen molar-refractivity contribution in [3.8, 4) is 0 Å². The van der Waals surface area contributed by atoms with Crippen LogP contribution in [0.3, 0.4) is 0 Å². The number of hydrogen-bond donors (Lipinski definition) is 0. The molecule has 2 aromatic rings. The van der Waals surface area contributed by atoms with Crippen LogP contribution < -0.4 is 0 Å². The Labute approximate surface area is 277 Å². The number of rotatable bonds is 8. The maximum absolute atomic E-state index is 14.2. The van der Waals surface area contributed by atoms with Crippen molar-refractivity contribution < 1.29 is 28.5 Å². The van der Waals surface area contributed by atoms with Crippen molar-refractivity contribution in [3.63, 3.8) is 0 Å². The first-order valence-corrected chi connectivity index (χ1v) is 15.0. The fourth-order valence-corrected chi connectivity index (χ4v) is 8.83. The number of nitro benzene ring substituents is 1. The molecule has 5 rings (SSSR count). The zero-order chi connectivity index (χ0) is 31.8. The smallest absolute Gasteiger partial charge is 0.273 e. The lowest BCUT2D eigenvalue weighted by molar-refractivity contribution is -0.384. The second kappa shape index (κ2) is 11.0. The number of nitrogens with zero attached hydrogens (tertiary/aromatic N) is 3. The quantitative estimate of drug-likeness (QED) is 0.102. The number of alkyl halides is 5. The van der Waals surface area contributed by atoms with Gasteiger partial charge in [0.1, 0.15) is 21.6 Å². The minimum Gasteiger partial charge on any atom is -0.292 e. The monoisotopic (exact) mass is 729 g/mol. The van der Waals surface area contributed by atoms with Gasteiger partial charge in [0.15, 0.2) is 10.1 Å². The van der Waals surface area contributed by atoms with E-state index in [2.05, 4.69) is 0 Å². The fourth-order valence-electron chi connectivity index (χ4n) is 5.70. The Morgan fingerprint density at radius 2 is 1.37 bits per heavy atom. The van der Waals surface area contributed by atoms with Crippen molar-refractivity contribution in [2.45, 2.75) is 26.5 Å². The Hall–Kier alpha value is -2.18. The Morgan fingerprint density at radius 1 is 0.907 bits per heavy atom. The highest BCUT2D eigenvalue weighted by Gasteiger charge is 2.88. The molecule has 9 nitrogen and oxygen atoms in total. The molecule has 2 fully saturated rings. The number of amides is 3. The minimum atomic E-state index is -2.25. The van der Waals surface area contributed by atoms with Crippen molar-refractivity contribution in [3.05, 3.63) is 85.7 Å². The summed E-state index contributed by atoms with van der Waals surface area (Å²) in [6, 6.07) is 6.88. The normalized spacial score (nSPS) is 27.9. The fraction of sp³-hybridized carbons (Fsp3) is 0.308. The van der Waals surface area contributed by atoms with Crippen molar-refractivity contribution in [2.24, 2.45) is 11.8 Å². The third kappa shape index (κ3) is 4.32. The van der Waals surface area contributed by atoms with Gasteiger partial charge in [0.05, 0.1) is 26.8 Å². The number of allylic oxidation sites excluding steroid dienone is 2. The van der Waals surface area contributed by atoms with Gasteiger partial charge in [-0.3, -0.25) is 29.3 Å². The molecule has 0 unspecified atom stereocenters. The number of fused-ring (bicyclic) bond motifs is 5. The highest BCUT2D eigenvalue weighted by molar-refractivity contribution is 6.66. The van der Waals surface area contributed by atoms with Crippen LogP contribution in [0, 0.1) is 27.8 Å². The molecule has 5 atom stereocenters. The molecule has 3 amide bonds. The molecule has 0 aromatic heterocycles. The third-order valence-electron chi connectivity index (χ3n) is 7.74. The van der Waals surface area contributed by atoms with Gasteiger partial charge >= 0.3 is 0 Å². The van der Waals surface area contributed by atoms with E-state index < -0.39 is 66.2 Å². The molecule has 2 bridgehead atoms. The largest absolute Gasteiger partial charge is 0.292 e. The zero-order valence-electron chi connectivity index (χ0n) is 21.1. The summed E-state index contributed by atoms with van der Waals surface area (Å²) in [4.78, 5) is 62.3. The van der Waals surface area contributed by atoms with Crippen LogP contribution in [0.15, 0.2) is 58.6 Å². The number of imide groups is 1. The second-order valence-electron chi connectivity index (χ2n) is 9.89. The molecule has 226 valence electrons. The Balaban J connectivity index is 1.67. The van der Waals surface area contributed by atoms with Crippen molar-refractivity contribution in [1.82, 2.24) is 10.0 Å². The van der Waals surface area contributed by atoms with Gasteiger partial charge < -0.3 is 0 Å². The summed E-state index contributed by atoms with van der Waals surface area (Å²) in [6.07, 6.45) is -0.296. The van der Waals surface area contributed by atoms with E-state index >= 15 is 0 Å². The van der Waals surface area contributed by atoms with Crippen molar-refractivity contribution >= 4 is 110 Å². The van der Waals surface area contributed by atoms with Crippen LogP contribution in [0.25, 0.3) is 0 Å². The van der Waals surface area contributed by atoms with E-state index in [1.807, 2.05) is 0 Å². The van der Waals surface area contributed by atoms with Crippen molar-refractivity contribution in [1.29, 1.82) is 0 Å². The summed E-state index contributed by atoms with van der Waals surface area (Å²) in [5, 5.41) is 11.4. The van der Waals surface area contributed by atoms with Gasteiger partial charge in [-0.2, -0.15) is 5.01 Å². The predicted octanol–water partition coefficient (Wildman–Crippen LogP) is 6.42. The summed E-state index contributed by atoms with van der Waals surface area (Å²) in [7, 11) is 0. The molecule has 1 saturated carbocycles. The predicted molar refractivity (Wildman–Crippen MR) is 158 cm³/mol. The average Bonchev–Trinajstić information content (AvgIpc) is 3.35. The summed E-state index contributed by atoms with van der Waals surface area (Å²) >= 11 is 45.5. The van der Waals surface area contributed by atoms with Gasteiger partial charge in [0.25, 0.3) is 23.4 Å². The number of carbonyl (C=O) groups is 4. The van der Waals surface area contributed by atoms with Crippen LogP contribution >= 0.6 is 81.2 Å². The lowest BCUT2D eigenvalue weighted by Crippen LogP contribution is -2.60. The van der Waals surface area contributed by atoms with Gasteiger partial charge in [0.2, 0.25) is 0 Å². The van der Waals surface area contributed by atoms with Crippen LogP contribution in [0.5, 0.6) is 0 Å². The molecule has 2 aliphatic carbocycles. The first-order chi connectivity index (χ1) is 20.1. The number of benzene rings is 2. The number of nitro groups is 1. The first kappa shape index (κ1) is 32.2. The number of ketones is 1. The lowest BCUT2D eigenvalue weighted by Gasteiger charge is -2.39. The average molecular weight is 733 g/mol. The molecular weight excluding hydrogens is 717 g/mol. The minimum absolute atomic E-state index is 0.0757. The molecule has 2 aromatic carbocycles. The Bertz CT molecular complexity index is 1580. The zero-order valence-corrected chi connectivity index (χ0v) is 26.4. The van der Waals surface area contributed by atoms with E-state index in [0.717, 1.165) is 48.5 Å². The number of hydrazine groups is 1. The van der Waals surface area contributed by atoms with E-state index in [9.17, 15) is 33.7 Å². The van der Waals surface area contributed by atoms with Crippen LogP contribution in [0.2, 0.25) is 0 Å². The molecule has 43 heavy (non-hydrogen) atoms. The molecular formula is C26H15Cl7FN3O6. The highest BCUT2D eigenvalue weighted by atomic mass is 35.5. The molecule has 3 aliphatic rings. The van der Waals surface area contributed by atoms with Gasteiger partial charge in [-0.05, 0) is 42.8 Å². The molecule has 0 radical (unpaired) electrons. The molecule has 1 heterocycles. The Kier molecular flexibility index (Phi) is 8.25. The Morgan fingerprint density at radius 3 is 1.81 bits per heavy atom. The lowest BCUT2D eigenvalue weighted by atomic mass is 9.84. The second-order valence-corrected chi connectivity index (χ2v) is 13.5. The van der Waals surface area contributed by atoms with Gasteiger partial charge in [-0.15, -0.1) is 34.8 Å². The summed E-state index contributed by atoms with van der Waals surface area (Å²) in [6.45, 7) is 0. The molecule has 1 saturated heterocycles. The van der Waals surface area contributed by atoms with Crippen LogP contribution in [0.1, 0.15) is 27.1 Å². The molecule has 0 N–H and O–H groups in total. The number of hydrogen-bond acceptors (Lipinski definition) is 6. The van der Waals surface area contributed by atoms with Gasteiger partial charge in [-0.1, -0.05) is 46.4 Å². The summed E-state index contributed by atoms with van der Waals surface area (Å²) in [5.41, 5.74) is -0.670. The van der Waals surface area contributed by atoms with Crippen LogP contribution in [-0.2, 0) is 9.59 Å². The maximum Gasteiger partial charge on any atom is 0.273 e. The molecule has 0 spiro atoms. The van der Waals surface area contributed by atoms with E-state index in [1.165, 1.54) is 0 Å². The topological polar surface area (TPSA) is 118 Å². The van der Waals surface area contributed by atoms with E-state index in [-0.39, 0.29) is 39.2 Å². The maximum atomic E-state index is 14.2. The summed E-state index contributed by atoms with van der Waals surface area (Å²) in [5.74, 6) is -8.29. The number of Topliss-reactive ketones (excluding diaryl/α,β-unsaturated/α-hetero) is 1. The molecule has 17 heteroatoms. The standard InChI is InChI=1S/C26H15Cl7FN3O6/c27-10-9-15(18(38)11-1-5-13(34)6-2-11)35(21(39)12-3-7-14(8-4-12)37(42)43)36-22(40)16-17(23(36)41)25(31)20(29)19(28)24(16,30)26(25,32)33/h1-8,15-17H,9-10H2/t15-,16-,17+,24-,25-/m1/s1. The third-order valence-corrected chi connectivity index (χ3v) is 12.2. The first-order valence-electron chi connectivity index (χ1n) is 12.2. The highest BCUT2D eigenvalue weighted by Crippen LogP contribution is 2.77. The van der Waals surface area contributed by atoms with E-state index in [1.54, 1.807) is 0 Å². The van der Waals surface area contributed by atoms with Gasteiger partial charge in [0, 0.05) is 29.1 Å². The summed E-state index contributed by atoms with van der Waals surface area (Å²) < 4.78 is 11.4. The number of carbonyl (C=O) groups excluding carboxylic acids is 4. The number of non-ortho nitro benzene ring substituents is 1. The van der Waals surface area contributed by atoms with Crippen molar-refractivity contribution in [2.75, 3.05) is 5.88 Å². The van der Waals surface area contributed by atoms with E-state index in [4.69, 9.17) is 81.2 Å². The van der Waals surface area contributed by atoms with Crippen LogP contribution in [-0.4, -0.2) is 64.4 Å². The van der Waals surface area contributed by atoms with Gasteiger partial charge in [-0.25, -0.2) is 9.40 Å². The SMILES string of the molecule is O=C(c1ccc(F)cc1)[C@@H](CCCl)N(C(=O)c1ccc([N+](=O)[O-])cc1)N1C(=O)[C@@H]2[C@H](C1=O)[C@@]1(Cl)C(Cl)=C(Cl)[C@@]2(Cl)C1(Cl)Cl. The van der Waals surface area contributed by atoms with E-state index in [0.29, 0.717) is 10.0 Å². The van der Waals surface area contributed by atoms with Crippen LogP contribution in [0.4, 0.5) is 10.1 Å². The number of halogens is 8.